The van der Waals surface area contributed by atoms with Crippen molar-refractivity contribution < 1.29 is 9.59 Å². The van der Waals surface area contributed by atoms with E-state index in [4.69, 9.17) is 0 Å². The molecule has 0 radical (unpaired) electrons. The molecule has 2 aliphatic rings. The van der Waals surface area contributed by atoms with E-state index in [9.17, 15) is 9.59 Å². The molecule has 0 aliphatic carbocycles. The molecule has 1 aromatic carbocycles. The molecule has 4 rings (SSSR count). The summed E-state index contributed by atoms with van der Waals surface area (Å²) in [7, 11) is 0. The van der Waals surface area contributed by atoms with Crippen LogP contribution in [-0.4, -0.2) is 62.1 Å². The molecular formula is C20H24N6O2. The standard InChI is InChI=1S/C20H24N6O2/c27-19(24-12-8-17(9-13-24)25-15-11-21-23-25)6-7-20(28)26-14-10-18(22-26)16-4-2-1-3-5-16/h1-5,11,15,17H,6-10,12-14H2. The molecule has 3 heterocycles. The van der Waals surface area contributed by atoms with E-state index in [-0.39, 0.29) is 24.7 Å². The van der Waals surface area contributed by atoms with Crippen molar-refractivity contribution in [2.45, 2.75) is 38.1 Å². The Hall–Kier alpha value is -3.03. The van der Waals surface area contributed by atoms with E-state index in [1.54, 1.807) is 6.20 Å². The topological polar surface area (TPSA) is 83.7 Å². The summed E-state index contributed by atoms with van der Waals surface area (Å²) >= 11 is 0. The Bertz CT molecular complexity index is 841. The number of rotatable bonds is 5. The summed E-state index contributed by atoms with van der Waals surface area (Å²) in [5.74, 6) is -0.0476. The highest BCUT2D eigenvalue weighted by atomic mass is 16.2. The van der Waals surface area contributed by atoms with Crippen LogP contribution >= 0.6 is 0 Å². The van der Waals surface area contributed by atoms with Crippen molar-refractivity contribution in [2.75, 3.05) is 19.6 Å². The van der Waals surface area contributed by atoms with Gasteiger partial charge in [-0.1, -0.05) is 35.5 Å². The maximum absolute atomic E-state index is 12.5. The molecular weight excluding hydrogens is 356 g/mol. The van der Waals surface area contributed by atoms with Crippen LogP contribution in [0.5, 0.6) is 0 Å². The molecule has 0 spiro atoms. The summed E-state index contributed by atoms with van der Waals surface area (Å²) in [5, 5.41) is 13.8. The van der Waals surface area contributed by atoms with Crippen molar-refractivity contribution in [1.82, 2.24) is 24.9 Å². The van der Waals surface area contributed by atoms with Crippen LogP contribution in [0.4, 0.5) is 0 Å². The minimum absolute atomic E-state index is 0.0387. The zero-order valence-electron chi connectivity index (χ0n) is 15.8. The lowest BCUT2D eigenvalue weighted by Crippen LogP contribution is -2.39. The Kier molecular flexibility index (Phi) is 5.45. The van der Waals surface area contributed by atoms with Gasteiger partial charge in [-0.05, 0) is 18.4 Å². The number of hydrogen-bond donors (Lipinski definition) is 0. The highest BCUT2D eigenvalue weighted by molar-refractivity contribution is 6.02. The van der Waals surface area contributed by atoms with Gasteiger partial charge in [-0.3, -0.25) is 9.59 Å². The van der Waals surface area contributed by atoms with Crippen LogP contribution in [0.25, 0.3) is 0 Å². The number of amides is 2. The first-order valence-corrected chi connectivity index (χ1v) is 9.77. The molecule has 0 N–H and O–H groups in total. The molecule has 1 fully saturated rings. The second kappa shape index (κ2) is 8.33. The van der Waals surface area contributed by atoms with Gasteiger partial charge in [0.05, 0.1) is 24.5 Å². The molecule has 28 heavy (non-hydrogen) atoms. The van der Waals surface area contributed by atoms with Crippen LogP contribution in [0, 0.1) is 0 Å². The van der Waals surface area contributed by atoms with Gasteiger partial charge >= 0.3 is 0 Å². The van der Waals surface area contributed by atoms with Gasteiger partial charge < -0.3 is 4.90 Å². The molecule has 1 aromatic heterocycles. The number of hydrazone groups is 1. The average molecular weight is 380 g/mol. The molecule has 0 saturated carbocycles. The molecule has 8 heteroatoms. The number of benzene rings is 1. The second-order valence-corrected chi connectivity index (χ2v) is 7.17. The normalized spacial score (nSPS) is 17.6. The van der Waals surface area contributed by atoms with Crippen molar-refractivity contribution in [3.05, 3.63) is 48.3 Å². The summed E-state index contributed by atoms with van der Waals surface area (Å²) in [6.45, 7) is 1.97. The second-order valence-electron chi connectivity index (χ2n) is 7.17. The SMILES string of the molecule is O=C(CCC(=O)N1CCC(c2ccccc2)=N1)N1CCC(n2ccnn2)CC1. The quantitative estimate of drug-likeness (QED) is 0.793. The lowest BCUT2D eigenvalue weighted by Gasteiger charge is -2.32. The monoisotopic (exact) mass is 380 g/mol. The van der Waals surface area contributed by atoms with Crippen LogP contribution in [0.3, 0.4) is 0 Å². The van der Waals surface area contributed by atoms with Gasteiger partial charge in [0.2, 0.25) is 11.8 Å². The van der Waals surface area contributed by atoms with Gasteiger partial charge in [-0.25, -0.2) is 9.69 Å². The molecule has 2 amide bonds. The van der Waals surface area contributed by atoms with Crippen molar-refractivity contribution in [3.8, 4) is 0 Å². The van der Waals surface area contributed by atoms with E-state index in [1.165, 1.54) is 5.01 Å². The van der Waals surface area contributed by atoms with Gasteiger partial charge in [0, 0.05) is 38.5 Å². The molecule has 2 aliphatic heterocycles. The number of likely N-dealkylation sites (tertiary alicyclic amines) is 1. The van der Waals surface area contributed by atoms with Gasteiger partial charge in [0.1, 0.15) is 0 Å². The predicted molar refractivity (Wildman–Crippen MR) is 103 cm³/mol. The fraction of sp³-hybridized carbons (Fsp3) is 0.450. The van der Waals surface area contributed by atoms with Gasteiger partial charge in [0.25, 0.3) is 0 Å². The number of aromatic nitrogens is 3. The maximum Gasteiger partial charge on any atom is 0.243 e. The molecule has 8 nitrogen and oxygen atoms in total. The fourth-order valence-corrected chi connectivity index (χ4v) is 3.76. The summed E-state index contributed by atoms with van der Waals surface area (Å²) in [5.41, 5.74) is 1.97. The Morgan fingerprint density at radius 3 is 2.46 bits per heavy atom. The summed E-state index contributed by atoms with van der Waals surface area (Å²) in [6, 6.07) is 10.2. The van der Waals surface area contributed by atoms with E-state index in [1.807, 2.05) is 46.1 Å². The zero-order chi connectivity index (χ0) is 19.3. The zero-order valence-corrected chi connectivity index (χ0v) is 15.8. The van der Waals surface area contributed by atoms with Crippen LogP contribution in [0.1, 0.15) is 43.7 Å². The highest BCUT2D eigenvalue weighted by Crippen LogP contribution is 2.22. The van der Waals surface area contributed by atoms with Crippen LogP contribution in [0.2, 0.25) is 0 Å². The van der Waals surface area contributed by atoms with Crippen molar-refractivity contribution in [2.24, 2.45) is 5.10 Å². The third-order valence-corrected chi connectivity index (χ3v) is 5.38. The number of hydrogen-bond acceptors (Lipinski definition) is 5. The molecule has 0 unspecified atom stereocenters. The van der Waals surface area contributed by atoms with Crippen molar-refractivity contribution >= 4 is 17.5 Å². The first kappa shape index (κ1) is 18.3. The van der Waals surface area contributed by atoms with Crippen molar-refractivity contribution in [3.63, 3.8) is 0 Å². The van der Waals surface area contributed by atoms with Crippen LogP contribution in [0.15, 0.2) is 47.8 Å². The summed E-state index contributed by atoms with van der Waals surface area (Å²) < 4.78 is 1.86. The Balaban J connectivity index is 1.24. The molecule has 1 saturated heterocycles. The van der Waals surface area contributed by atoms with Crippen LogP contribution in [-0.2, 0) is 9.59 Å². The van der Waals surface area contributed by atoms with Gasteiger partial charge in [-0.2, -0.15) is 5.10 Å². The molecule has 2 aromatic rings. The van der Waals surface area contributed by atoms with Crippen molar-refractivity contribution in [1.29, 1.82) is 0 Å². The predicted octanol–water partition coefficient (Wildman–Crippen LogP) is 1.86. The molecule has 0 atom stereocenters. The number of nitrogens with zero attached hydrogens (tertiary/aromatic N) is 6. The van der Waals surface area contributed by atoms with E-state index >= 15 is 0 Å². The maximum atomic E-state index is 12.5. The minimum atomic E-state index is -0.0863. The van der Waals surface area contributed by atoms with Gasteiger partial charge in [0.15, 0.2) is 0 Å². The number of carbonyl (C=O) groups excluding carboxylic acids is 2. The van der Waals surface area contributed by atoms with E-state index < -0.39 is 0 Å². The Morgan fingerprint density at radius 1 is 1.00 bits per heavy atom. The minimum Gasteiger partial charge on any atom is -0.343 e. The van der Waals surface area contributed by atoms with E-state index in [0.29, 0.717) is 25.7 Å². The Labute approximate surface area is 163 Å². The summed E-state index contributed by atoms with van der Waals surface area (Å²) in [4.78, 5) is 26.8. The first-order valence-electron chi connectivity index (χ1n) is 9.77. The summed E-state index contributed by atoms with van der Waals surface area (Å²) in [6.07, 6.45) is 6.44. The largest absolute Gasteiger partial charge is 0.343 e. The third kappa shape index (κ3) is 4.11. The lowest BCUT2D eigenvalue weighted by atomic mass is 10.0. The fourth-order valence-electron chi connectivity index (χ4n) is 3.76. The van der Waals surface area contributed by atoms with Gasteiger partial charge in [-0.15, -0.1) is 5.10 Å². The lowest BCUT2D eigenvalue weighted by molar-refractivity contribution is -0.137. The van der Waals surface area contributed by atoms with Crippen LogP contribution < -0.4 is 0 Å². The number of piperidine rings is 1. The molecule has 0 bridgehead atoms. The van der Waals surface area contributed by atoms with E-state index in [2.05, 4.69) is 15.4 Å². The first-order chi connectivity index (χ1) is 13.7. The smallest absolute Gasteiger partial charge is 0.243 e. The third-order valence-electron chi connectivity index (χ3n) is 5.38. The van der Waals surface area contributed by atoms with E-state index in [0.717, 1.165) is 30.5 Å². The average Bonchev–Trinajstić information content (AvgIpc) is 3.45. The Morgan fingerprint density at radius 2 is 1.75 bits per heavy atom. The number of carbonyl (C=O) groups is 2. The molecule has 146 valence electrons. The highest BCUT2D eigenvalue weighted by Gasteiger charge is 2.26.